The third-order valence-electron chi connectivity index (χ3n) is 16.7. The minimum Gasteiger partial charge on any atom is -0.462 e. The van der Waals surface area contributed by atoms with E-state index < -0.39 is 97.5 Å². The summed E-state index contributed by atoms with van der Waals surface area (Å²) in [6.45, 7) is 14.1. The second-order valence-corrected chi connectivity index (χ2v) is 30.2. The zero-order valence-corrected chi connectivity index (χ0v) is 60.6. The second kappa shape index (κ2) is 60.7. The summed E-state index contributed by atoms with van der Waals surface area (Å²) in [6, 6.07) is 0. The molecule has 0 saturated heterocycles. The molecule has 0 saturated carbocycles. The molecule has 0 amide bonds. The number of carbonyl (C=O) groups excluding carboxylic acids is 4. The van der Waals surface area contributed by atoms with E-state index in [4.69, 9.17) is 37.0 Å². The molecule has 0 fully saturated rings. The minimum absolute atomic E-state index is 0.102. The monoisotopic (exact) mass is 1320 g/mol. The summed E-state index contributed by atoms with van der Waals surface area (Å²) in [5, 5.41) is 10.6. The van der Waals surface area contributed by atoms with Crippen LogP contribution in [-0.4, -0.2) is 96.7 Å². The van der Waals surface area contributed by atoms with Gasteiger partial charge in [0.15, 0.2) is 12.2 Å². The molecule has 0 aliphatic rings. The number of phosphoric acid groups is 2. The van der Waals surface area contributed by atoms with Gasteiger partial charge in [0.1, 0.15) is 19.3 Å². The van der Waals surface area contributed by atoms with Crippen LogP contribution in [0.4, 0.5) is 0 Å². The van der Waals surface area contributed by atoms with Crippen molar-refractivity contribution < 1.29 is 80.2 Å². The molecule has 17 nitrogen and oxygen atoms in total. The van der Waals surface area contributed by atoms with Gasteiger partial charge in [-0.1, -0.05) is 299 Å². The third-order valence-corrected chi connectivity index (χ3v) is 18.6. The maximum Gasteiger partial charge on any atom is 0.472 e. The van der Waals surface area contributed by atoms with Crippen molar-refractivity contribution in [2.24, 2.45) is 23.7 Å². The van der Waals surface area contributed by atoms with Gasteiger partial charge in [-0.05, 0) is 49.4 Å². The molecule has 0 radical (unpaired) electrons. The van der Waals surface area contributed by atoms with Crippen LogP contribution < -0.4 is 0 Å². The van der Waals surface area contributed by atoms with E-state index in [1.54, 1.807) is 0 Å². The molecule has 0 aliphatic carbocycles. The lowest BCUT2D eigenvalue weighted by Crippen LogP contribution is -2.30. The molecule has 0 rings (SSSR count). The van der Waals surface area contributed by atoms with Crippen LogP contribution in [0.5, 0.6) is 0 Å². The average molecular weight is 1330 g/mol. The lowest BCUT2D eigenvalue weighted by Gasteiger charge is -2.21. The van der Waals surface area contributed by atoms with Crippen molar-refractivity contribution in [2.75, 3.05) is 39.6 Å². The van der Waals surface area contributed by atoms with Gasteiger partial charge in [-0.3, -0.25) is 37.3 Å². The normalized spacial score (nSPS) is 14.6. The Balaban J connectivity index is 5.21. The van der Waals surface area contributed by atoms with E-state index >= 15 is 0 Å². The molecule has 0 aromatic carbocycles. The fourth-order valence-corrected chi connectivity index (χ4v) is 12.2. The number of hydrogen-bond acceptors (Lipinski definition) is 15. The molecular formula is C71H138O17P2. The third kappa shape index (κ3) is 63.5. The zero-order chi connectivity index (χ0) is 66.8. The topological polar surface area (TPSA) is 237 Å². The summed E-state index contributed by atoms with van der Waals surface area (Å²) in [4.78, 5) is 72.5. The van der Waals surface area contributed by atoms with Gasteiger partial charge < -0.3 is 33.8 Å². The van der Waals surface area contributed by atoms with Crippen molar-refractivity contribution in [2.45, 2.75) is 369 Å². The van der Waals surface area contributed by atoms with Crippen molar-refractivity contribution in [3.8, 4) is 0 Å². The van der Waals surface area contributed by atoms with Gasteiger partial charge in [-0.25, -0.2) is 9.13 Å². The van der Waals surface area contributed by atoms with E-state index in [2.05, 4.69) is 55.4 Å². The summed E-state index contributed by atoms with van der Waals surface area (Å²) >= 11 is 0. The van der Waals surface area contributed by atoms with E-state index in [1.807, 2.05) is 0 Å². The number of unbranched alkanes of at least 4 members (excludes halogenated alkanes) is 33. The van der Waals surface area contributed by atoms with Crippen molar-refractivity contribution in [1.82, 2.24) is 0 Å². The van der Waals surface area contributed by atoms with Gasteiger partial charge in [0.25, 0.3) is 0 Å². The number of hydrogen-bond donors (Lipinski definition) is 3. The quantitative estimate of drug-likeness (QED) is 0.0222. The number of aliphatic hydroxyl groups is 1. The fraction of sp³-hybridized carbons (Fsp3) is 0.944. The van der Waals surface area contributed by atoms with Crippen LogP contribution in [0.25, 0.3) is 0 Å². The number of aliphatic hydroxyl groups excluding tert-OH is 1. The molecule has 6 atom stereocenters. The van der Waals surface area contributed by atoms with Gasteiger partial charge in [-0.2, -0.15) is 0 Å². The van der Waals surface area contributed by atoms with E-state index in [9.17, 15) is 43.2 Å². The van der Waals surface area contributed by atoms with Crippen molar-refractivity contribution >= 4 is 39.5 Å². The fourth-order valence-electron chi connectivity index (χ4n) is 10.6. The Morgan fingerprint density at radius 1 is 0.311 bits per heavy atom. The molecule has 534 valence electrons. The average Bonchev–Trinajstić information content (AvgIpc) is 3.66. The van der Waals surface area contributed by atoms with Crippen molar-refractivity contribution in [1.29, 1.82) is 0 Å². The number of carbonyl (C=O) groups is 4. The van der Waals surface area contributed by atoms with E-state index in [-0.39, 0.29) is 25.7 Å². The maximum atomic E-state index is 13.0. The lowest BCUT2D eigenvalue weighted by molar-refractivity contribution is -0.161. The maximum absolute atomic E-state index is 13.0. The lowest BCUT2D eigenvalue weighted by atomic mass is 9.99. The first kappa shape index (κ1) is 88.1. The van der Waals surface area contributed by atoms with Gasteiger partial charge >= 0.3 is 39.5 Å². The largest absolute Gasteiger partial charge is 0.472 e. The van der Waals surface area contributed by atoms with Crippen LogP contribution in [-0.2, 0) is 65.4 Å². The molecular weight excluding hydrogens is 1190 g/mol. The summed E-state index contributed by atoms with van der Waals surface area (Å²) < 4.78 is 68.3. The Kier molecular flexibility index (Phi) is 59.4. The molecule has 0 aromatic rings. The molecule has 90 heavy (non-hydrogen) atoms. The smallest absolute Gasteiger partial charge is 0.462 e. The molecule has 19 heteroatoms. The second-order valence-electron chi connectivity index (χ2n) is 27.3. The first-order valence-corrected chi connectivity index (χ1v) is 39.7. The predicted molar refractivity (Wildman–Crippen MR) is 363 cm³/mol. The van der Waals surface area contributed by atoms with Gasteiger partial charge in [0, 0.05) is 25.7 Å². The van der Waals surface area contributed by atoms with Gasteiger partial charge in [0.2, 0.25) is 0 Å². The molecule has 0 aromatic heterocycles. The van der Waals surface area contributed by atoms with Crippen LogP contribution in [0.1, 0.15) is 351 Å². The van der Waals surface area contributed by atoms with E-state index in [0.717, 1.165) is 108 Å². The molecule has 3 N–H and O–H groups in total. The summed E-state index contributed by atoms with van der Waals surface area (Å²) in [7, 11) is -9.90. The summed E-state index contributed by atoms with van der Waals surface area (Å²) in [5.41, 5.74) is 0. The highest BCUT2D eigenvalue weighted by atomic mass is 31.2. The number of esters is 4. The molecule has 4 unspecified atom stereocenters. The van der Waals surface area contributed by atoms with Crippen LogP contribution in [0.15, 0.2) is 0 Å². The highest BCUT2D eigenvalue weighted by Gasteiger charge is 2.30. The van der Waals surface area contributed by atoms with Crippen molar-refractivity contribution in [3.05, 3.63) is 0 Å². The van der Waals surface area contributed by atoms with Gasteiger partial charge in [0.05, 0.1) is 26.4 Å². The summed E-state index contributed by atoms with van der Waals surface area (Å²) in [6.07, 6.45) is 43.3. The molecule has 0 heterocycles. The Labute approximate surface area is 549 Å². The van der Waals surface area contributed by atoms with E-state index in [0.29, 0.717) is 37.5 Å². The number of ether oxygens (including phenoxy) is 4. The molecule has 0 spiro atoms. The van der Waals surface area contributed by atoms with Crippen LogP contribution in [0, 0.1) is 23.7 Å². The Morgan fingerprint density at radius 2 is 0.533 bits per heavy atom. The highest BCUT2D eigenvalue weighted by Crippen LogP contribution is 2.45. The van der Waals surface area contributed by atoms with Crippen LogP contribution >= 0.6 is 15.6 Å². The number of phosphoric ester groups is 2. The minimum atomic E-state index is -4.95. The predicted octanol–water partition coefficient (Wildman–Crippen LogP) is 20.1. The van der Waals surface area contributed by atoms with Crippen LogP contribution in [0.3, 0.4) is 0 Å². The van der Waals surface area contributed by atoms with E-state index in [1.165, 1.54) is 148 Å². The standard InChI is InChI=1S/C71H138O17P2/c1-9-64(8)50-42-34-26-19-20-28-37-45-53-70(75)87-66(57-81-68(73)51-43-35-27-18-16-14-12-10-11-13-15-17-23-31-39-47-61(2)3)59-85-89(77,78)83-55-65(72)56-84-90(79,80)86-60-67(88-71(76)54-46-38-30-22-25-33-41-49-63(6)7)58-82-69(74)52-44-36-29-21-24-32-40-48-62(4)5/h61-67,72H,9-60H2,1-8H3,(H,77,78)(H,79,80)/t64?,65?,66-,67-/m1/s1. The zero-order valence-electron chi connectivity index (χ0n) is 58.8. The molecule has 0 bridgehead atoms. The Hall–Kier alpha value is -1.94. The summed E-state index contributed by atoms with van der Waals surface area (Å²) in [5.74, 6) is 0.844. The van der Waals surface area contributed by atoms with Crippen molar-refractivity contribution in [3.63, 3.8) is 0 Å². The Bertz CT molecular complexity index is 1780. The first-order valence-electron chi connectivity index (χ1n) is 36.7. The SMILES string of the molecule is CCC(C)CCCCCCCCCCC(=O)O[C@H](COC(=O)CCCCCCCCCCCCCCCCCC(C)C)COP(=O)(O)OCC(O)COP(=O)(O)OC[C@@H](COC(=O)CCCCCCCCCC(C)C)OC(=O)CCCCCCCCCC(C)C. The van der Waals surface area contributed by atoms with Gasteiger partial charge in [-0.15, -0.1) is 0 Å². The Morgan fingerprint density at radius 3 is 0.789 bits per heavy atom. The molecule has 0 aliphatic heterocycles. The highest BCUT2D eigenvalue weighted by molar-refractivity contribution is 7.47. The number of rotatable bonds is 68. The van der Waals surface area contributed by atoms with Crippen LogP contribution in [0.2, 0.25) is 0 Å². The first-order chi connectivity index (χ1) is 43.1.